The summed E-state index contributed by atoms with van der Waals surface area (Å²) >= 11 is 3.22. The highest BCUT2D eigenvalue weighted by Crippen LogP contribution is 2.15. The third-order valence-electron chi connectivity index (χ3n) is 1.42. The van der Waals surface area contributed by atoms with Crippen molar-refractivity contribution in [3.05, 3.63) is 23.2 Å². The van der Waals surface area contributed by atoms with Crippen molar-refractivity contribution >= 4 is 33.3 Å². The molecule has 1 aromatic heterocycles. The number of nitrogens with two attached hydrogens (primary N) is 2. The van der Waals surface area contributed by atoms with E-state index in [1.165, 1.54) is 0 Å². The molecule has 0 aliphatic rings. The Kier molecular flexibility index (Phi) is 3.13. The maximum Gasteiger partial charge on any atom is 0.149 e. The van der Waals surface area contributed by atoms with Crippen molar-refractivity contribution in [3.8, 4) is 0 Å². The van der Waals surface area contributed by atoms with Gasteiger partial charge in [0.25, 0.3) is 0 Å². The molecule has 5 heteroatoms. The van der Waals surface area contributed by atoms with Crippen molar-refractivity contribution in [2.24, 2.45) is 0 Å². The van der Waals surface area contributed by atoms with Gasteiger partial charge in [0, 0.05) is 11.0 Å². The van der Waals surface area contributed by atoms with Crippen LogP contribution in [0.3, 0.4) is 0 Å². The largest absolute Gasteiger partial charge is 0.396 e. The molecule has 0 aromatic carbocycles. The Morgan fingerprint density at radius 2 is 2.23 bits per heavy atom. The molecular formula is C8H11BrN4. The van der Waals surface area contributed by atoms with Crippen molar-refractivity contribution in [2.75, 3.05) is 23.3 Å². The first kappa shape index (κ1) is 9.85. The summed E-state index contributed by atoms with van der Waals surface area (Å²) in [5.41, 5.74) is 11.5. The maximum atomic E-state index is 5.52. The van der Waals surface area contributed by atoms with Gasteiger partial charge in [-0.15, -0.1) is 0 Å². The lowest BCUT2D eigenvalue weighted by Crippen LogP contribution is -2.05. The van der Waals surface area contributed by atoms with Gasteiger partial charge in [0.1, 0.15) is 11.6 Å². The predicted octanol–water partition coefficient (Wildman–Crippen LogP) is 1.57. The number of pyridine rings is 1. The minimum atomic E-state index is 0.338. The summed E-state index contributed by atoms with van der Waals surface area (Å²) in [4.78, 5) is 4.02. The maximum absolute atomic E-state index is 5.52. The zero-order valence-corrected chi connectivity index (χ0v) is 8.63. The Morgan fingerprint density at radius 1 is 1.54 bits per heavy atom. The molecule has 1 rings (SSSR count). The Labute approximate surface area is 85.2 Å². The van der Waals surface area contributed by atoms with Crippen LogP contribution in [0.1, 0.15) is 0 Å². The molecule has 0 spiro atoms. The molecule has 0 saturated carbocycles. The van der Waals surface area contributed by atoms with Gasteiger partial charge >= 0.3 is 0 Å². The van der Waals surface area contributed by atoms with E-state index >= 15 is 0 Å². The molecule has 0 amide bonds. The topological polar surface area (TPSA) is 77.0 Å². The molecular weight excluding hydrogens is 232 g/mol. The van der Waals surface area contributed by atoms with Crippen molar-refractivity contribution in [1.82, 2.24) is 4.98 Å². The average molecular weight is 243 g/mol. The molecule has 0 fully saturated rings. The van der Waals surface area contributed by atoms with Crippen LogP contribution in [0, 0.1) is 0 Å². The SMILES string of the molecule is C=C(Br)CNc1ccc(N)c(N)n1. The molecule has 1 heterocycles. The van der Waals surface area contributed by atoms with Crippen LogP contribution in [0.25, 0.3) is 0 Å². The fraction of sp³-hybridized carbons (Fsp3) is 0.125. The molecule has 70 valence electrons. The van der Waals surface area contributed by atoms with Crippen LogP contribution >= 0.6 is 15.9 Å². The third kappa shape index (κ3) is 2.95. The number of nitrogens with one attached hydrogen (secondary N) is 1. The third-order valence-corrected chi connectivity index (χ3v) is 1.70. The number of hydrogen-bond donors (Lipinski definition) is 3. The van der Waals surface area contributed by atoms with E-state index in [4.69, 9.17) is 11.5 Å². The van der Waals surface area contributed by atoms with Crippen LogP contribution in [-0.2, 0) is 0 Å². The van der Waals surface area contributed by atoms with Crippen LogP contribution in [-0.4, -0.2) is 11.5 Å². The fourth-order valence-corrected chi connectivity index (χ4v) is 0.911. The molecule has 0 aliphatic heterocycles. The molecule has 5 N–H and O–H groups in total. The lowest BCUT2D eigenvalue weighted by atomic mass is 10.4. The predicted molar refractivity (Wildman–Crippen MR) is 59.6 cm³/mol. The Bertz CT molecular complexity index is 324. The first-order valence-electron chi connectivity index (χ1n) is 3.68. The average Bonchev–Trinajstić information content (AvgIpc) is 2.07. The number of nitrogens with zero attached hydrogens (tertiary/aromatic N) is 1. The van der Waals surface area contributed by atoms with Crippen LogP contribution in [0.15, 0.2) is 23.2 Å². The molecule has 0 aliphatic carbocycles. The van der Waals surface area contributed by atoms with Crippen molar-refractivity contribution in [3.63, 3.8) is 0 Å². The monoisotopic (exact) mass is 242 g/mol. The molecule has 0 radical (unpaired) electrons. The van der Waals surface area contributed by atoms with E-state index in [1.807, 2.05) is 0 Å². The van der Waals surface area contributed by atoms with Gasteiger partial charge in [-0.05, 0) is 12.1 Å². The number of hydrogen-bond acceptors (Lipinski definition) is 4. The highest BCUT2D eigenvalue weighted by atomic mass is 79.9. The normalized spacial score (nSPS) is 9.62. The van der Waals surface area contributed by atoms with E-state index in [0.29, 0.717) is 23.9 Å². The van der Waals surface area contributed by atoms with E-state index in [0.717, 1.165) is 4.48 Å². The Hall–Kier alpha value is -1.23. The van der Waals surface area contributed by atoms with Gasteiger partial charge in [0.2, 0.25) is 0 Å². The minimum absolute atomic E-state index is 0.338. The highest BCUT2D eigenvalue weighted by molar-refractivity contribution is 9.11. The lowest BCUT2D eigenvalue weighted by molar-refractivity contribution is 1.23. The van der Waals surface area contributed by atoms with Gasteiger partial charge in [-0.25, -0.2) is 4.98 Å². The van der Waals surface area contributed by atoms with Crippen LogP contribution in [0.2, 0.25) is 0 Å². The number of nitrogen functional groups attached to an aromatic ring is 2. The number of rotatable bonds is 3. The summed E-state index contributed by atoms with van der Waals surface area (Å²) in [7, 11) is 0. The summed E-state index contributed by atoms with van der Waals surface area (Å²) in [6, 6.07) is 3.48. The fourth-order valence-electron chi connectivity index (χ4n) is 0.771. The molecule has 13 heavy (non-hydrogen) atoms. The smallest absolute Gasteiger partial charge is 0.149 e. The van der Waals surface area contributed by atoms with E-state index in [9.17, 15) is 0 Å². The second kappa shape index (κ2) is 4.13. The summed E-state index contributed by atoms with van der Waals surface area (Å²) in [5, 5.41) is 3.02. The summed E-state index contributed by atoms with van der Waals surface area (Å²) < 4.78 is 0.852. The summed E-state index contributed by atoms with van der Waals surface area (Å²) in [6.45, 7) is 4.29. The van der Waals surface area contributed by atoms with Gasteiger partial charge in [-0.2, -0.15) is 0 Å². The lowest BCUT2D eigenvalue weighted by Gasteiger charge is -2.05. The number of aromatic nitrogens is 1. The molecule has 4 nitrogen and oxygen atoms in total. The summed E-state index contributed by atoms with van der Waals surface area (Å²) in [5.74, 6) is 1.03. The highest BCUT2D eigenvalue weighted by Gasteiger charge is 1.98. The Balaban J connectivity index is 2.68. The molecule has 0 bridgehead atoms. The Morgan fingerprint density at radius 3 is 2.77 bits per heavy atom. The van der Waals surface area contributed by atoms with E-state index in [2.05, 4.69) is 32.8 Å². The molecule has 1 aromatic rings. The molecule has 0 saturated heterocycles. The van der Waals surface area contributed by atoms with Crippen LogP contribution < -0.4 is 16.8 Å². The van der Waals surface area contributed by atoms with E-state index in [-0.39, 0.29) is 0 Å². The first-order valence-corrected chi connectivity index (χ1v) is 4.48. The van der Waals surface area contributed by atoms with Crippen LogP contribution in [0.4, 0.5) is 17.3 Å². The van der Waals surface area contributed by atoms with Gasteiger partial charge < -0.3 is 16.8 Å². The van der Waals surface area contributed by atoms with Gasteiger partial charge in [-0.1, -0.05) is 22.5 Å². The summed E-state index contributed by atoms with van der Waals surface area (Å²) in [6.07, 6.45) is 0. The van der Waals surface area contributed by atoms with Gasteiger partial charge in [0.15, 0.2) is 0 Å². The molecule has 0 unspecified atom stereocenters. The van der Waals surface area contributed by atoms with Gasteiger partial charge in [0.05, 0.1) is 5.69 Å². The molecule has 0 atom stereocenters. The van der Waals surface area contributed by atoms with Crippen LogP contribution in [0.5, 0.6) is 0 Å². The standard InChI is InChI=1S/C8H11BrN4/c1-5(9)4-12-7-3-2-6(10)8(11)13-7/h2-3H,1,4,10H2,(H3,11,12,13). The number of halogens is 1. The zero-order chi connectivity index (χ0) is 9.84. The number of anilines is 3. The quantitative estimate of drug-likeness (QED) is 0.752. The second-order valence-electron chi connectivity index (χ2n) is 2.54. The first-order chi connectivity index (χ1) is 6.09. The zero-order valence-electron chi connectivity index (χ0n) is 7.05. The van der Waals surface area contributed by atoms with E-state index < -0.39 is 0 Å². The van der Waals surface area contributed by atoms with Crippen molar-refractivity contribution < 1.29 is 0 Å². The van der Waals surface area contributed by atoms with Crippen molar-refractivity contribution in [2.45, 2.75) is 0 Å². The van der Waals surface area contributed by atoms with E-state index in [1.54, 1.807) is 12.1 Å². The van der Waals surface area contributed by atoms with Gasteiger partial charge in [-0.3, -0.25) is 0 Å². The second-order valence-corrected chi connectivity index (χ2v) is 3.66. The minimum Gasteiger partial charge on any atom is -0.396 e. The van der Waals surface area contributed by atoms with Crippen molar-refractivity contribution in [1.29, 1.82) is 0 Å².